The van der Waals surface area contributed by atoms with Crippen LogP contribution in [-0.4, -0.2) is 19.1 Å². The van der Waals surface area contributed by atoms with Gasteiger partial charge in [0, 0.05) is 30.1 Å². The third-order valence-corrected chi connectivity index (χ3v) is 3.56. The minimum atomic E-state index is -0.294. The van der Waals surface area contributed by atoms with Crippen LogP contribution < -0.4 is 5.32 Å². The first-order valence-electron chi connectivity index (χ1n) is 7.90. The fraction of sp³-hybridized carbons (Fsp3) is 0.250. The molecule has 0 atom stereocenters. The molecule has 4 heteroatoms. The maximum absolute atomic E-state index is 11.6. The van der Waals surface area contributed by atoms with Crippen LogP contribution in [0.3, 0.4) is 0 Å². The summed E-state index contributed by atoms with van der Waals surface area (Å²) in [5, 5.41) is 4.02. The van der Waals surface area contributed by atoms with Crippen LogP contribution in [-0.2, 0) is 11.2 Å². The maximum atomic E-state index is 11.6. The largest absolute Gasteiger partial charge is 0.462 e. The molecule has 2 aromatic carbocycles. The van der Waals surface area contributed by atoms with Crippen molar-refractivity contribution in [2.24, 2.45) is 0 Å². The minimum absolute atomic E-state index is 0.294. The van der Waals surface area contributed by atoms with E-state index in [9.17, 15) is 4.79 Å². The number of nitrogens with one attached hydrogen (secondary N) is 1. The van der Waals surface area contributed by atoms with Crippen LogP contribution in [0, 0.1) is 11.8 Å². The zero-order valence-corrected chi connectivity index (χ0v) is 14.4. The number of rotatable bonds is 6. The summed E-state index contributed by atoms with van der Waals surface area (Å²) in [6, 6.07) is 15.0. The first-order valence-corrected chi connectivity index (χ1v) is 8.28. The summed E-state index contributed by atoms with van der Waals surface area (Å²) < 4.78 is 4.95. The Labute approximate surface area is 148 Å². The van der Waals surface area contributed by atoms with Gasteiger partial charge in [0.15, 0.2) is 0 Å². The number of hydrogen-bond donors (Lipinski definition) is 1. The molecule has 0 amide bonds. The van der Waals surface area contributed by atoms with Gasteiger partial charge in [-0.15, -0.1) is 5.92 Å². The molecule has 0 radical (unpaired) electrons. The van der Waals surface area contributed by atoms with Gasteiger partial charge in [-0.3, -0.25) is 0 Å². The van der Waals surface area contributed by atoms with Crippen molar-refractivity contribution in [2.45, 2.75) is 19.8 Å². The third-order valence-electron chi connectivity index (χ3n) is 3.31. The van der Waals surface area contributed by atoms with E-state index in [1.54, 1.807) is 19.1 Å². The van der Waals surface area contributed by atoms with Gasteiger partial charge in [0.05, 0.1) is 12.2 Å². The van der Waals surface area contributed by atoms with E-state index in [1.807, 2.05) is 36.4 Å². The van der Waals surface area contributed by atoms with Gasteiger partial charge >= 0.3 is 5.97 Å². The van der Waals surface area contributed by atoms with Gasteiger partial charge in [-0.05, 0) is 48.9 Å². The molecule has 0 aliphatic carbocycles. The number of hydrogen-bond acceptors (Lipinski definition) is 3. The molecule has 2 aromatic rings. The molecule has 0 heterocycles. The Morgan fingerprint density at radius 1 is 1.08 bits per heavy atom. The van der Waals surface area contributed by atoms with Crippen LogP contribution >= 0.6 is 11.6 Å². The number of halogens is 1. The third kappa shape index (κ3) is 5.98. The van der Waals surface area contributed by atoms with Crippen molar-refractivity contribution in [3.63, 3.8) is 0 Å². The van der Waals surface area contributed by atoms with E-state index in [2.05, 4.69) is 17.2 Å². The SMILES string of the molecule is CCOC(=O)c1ccc(NCCC#CCc2ccc(Cl)cc2)cc1. The number of anilines is 1. The van der Waals surface area contributed by atoms with E-state index < -0.39 is 0 Å². The summed E-state index contributed by atoms with van der Waals surface area (Å²) in [5.41, 5.74) is 2.68. The highest BCUT2D eigenvalue weighted by Crippen LogP contribution is 2.11. The number of benzene rings is 2. The van der Waals surface area contributed by atoms with Crippen molar-refractivity contribution in [1.29, 1.82) is 0 Å². The number of ether oxygens (including phenoxy) is 1. The Morgan fingerprint density at radius 2 is 1.79 bits per heavy atom. The van der Waals surface area contributed by atoms with Gasteiger partial charge in [-0.2, -0.15) is 0 Å². The summed E-state index contributed by atoms with van der Waals surface area (Å²) in [5.74, 6) is 6.00. The summed E-state index contributed by atoms with van der Waals surface area (Å²) in [6.07, 6.45) is 1.48. The lowest BCUT2D eigenvalue weighted by Crippen LogP contribution is -2.05. The van der Waals surface area contributed by atoms with Gasteiger partial charge in [0.25, 0.3) is 0 Å². The van der Waals surface area contributed by atoms with Crippen LogP contribution in [0.5, 0.6) is 0 Å². The fourth-order valence-electron chi connectivity index (χ4n) is 2.06. The fourth-order valence-corrected chi connectivity index (χ4v) is 2.19. The standard InChI is InChI=1S/C20H20ClNO2/c1-2-24-20(23)17-9-13-19(14-10-17)22-15-5-3-4-6-16-7-11-18(21)12-8-16/h7-14,22H,2,5-6,15H2,1H3. The Balaban J connectivity index is 1.71. The van der Waals surface area contributed by atoms with Crippen molar-refractivity contribution >= 4 is 23.3 Å². The van der Waals surface area contributed by atoms with Gasteiger partial charge in [0.1, 0.15) is 0 Å². The van der Waals surface area contributed by atoms with Crippen molar-refractivity contribution in [3.05, 3.63) is 64.7 Å². The van der Waals surface area contributed by atoms with Crippen molar-refractivity contribution in [3.8, 4) is 11.8 Å². The molecule has 3 nitrogen and oxygen atoms in total. The molecule has 0 unspecified atom stereocenters. The first kappa shape index (κ1) is 17.9. The molecule has 124 valence electrons. The zero-order valence-electron chi connectivity index (χ0n) is 13.6. The van der Waals surface area contributed by atoms with E-state index >= 15 is 0 Å². The van der Waals surface area contributed by atoms with Crippen LogP contribution in [0.1, 0.15) is 29.3 Å². The highest BCUT2D eigenvalue weighted by Gasteiger charge is 2.04. The van der Waals surface area contributed by atoms with Crippen LogP contribution in [0.2, 0.25) is 5.02 Å². The van der Waals surface area contributed by atoms with Crippen LogP contribution in [0.15, 0.2) is 48.5 Å². The second-order valence-electron chi connectivity index (χ2n) is 5.13. The highest BCUT2D eigenvalue weighted by atomic mass is 35.5. The molecule has 0 aliphatic heterocycles. The van der Waals surface area contributed by atoms with Crippen LogP contribution in [0.25, 0.3) is 0 Å². The van der Waals surface area contributed by atoms with Gasteiger partial charge in [-0.25, -0.2) is 4.79 Å². The van der Waals surface area contributed by atoms with E-state index in [1.165, 1.54) is 0 Å². The molecule has 1 N–H and O–H groups in total. The predicted octanol–water partition coefficient (Wildman–Crippen LogP) is 4.56. The highest BCUT2D eigenvalue weighted by molar-refractivity contribution is 6.30. The number of carbonyl (C=O) groups excluding carboxylic acids is 1. The Kier molecular flexibility index (Phi) is 7.20. The topological polar surface area (TPSA) is 38.3 Å². The van der Waals surface area contributed by atoms with Crippen LogP contribution in [0.4, 0.5) is 5.69 Å². The monoisotopic (exact) mass is 341 g/mol. The molecule has 0 saturated heterocycles. The van der Waals surface area contributed by atoms with E-state index in [-0.39, 0.29) is 5.97 Å². The van der Waals surface area contributed by atoms with E-state index in [4.69, 9.17) is 16.3 Å². The molecule has 0 spiro atoms. The quantitative estimate of drug-likeness (QED) is 0.475. The molecular weight excluding hydrogens is 322 g/mol. The Hall–Kier alpha value is -2.44. The van der Waals surface area contributed by atoms with Gasteiger partial charge in [0.2, 0.25) is 0 Å². The molecule has 0 aromatic heterocycles. The molecule has 2 rings (SSSR count). The normalized spacial score (nSPS) is 9.75. The van der Waals surface area contributed by atoms with Crippen molar-refractivity contribution in [2.75, 3.05) is 18.5 Å². The second-order valence-corrected chi connectivity index (χ2v) is 5.57. The number of carbonyl (C=O) groups is 1. The maximum Gasteiger partial charge on any atom is 0.338 e. The molecule has 0 bridgehead atoms. The first-order chi connectivity index (χ1) is 11.7. The summed E-state index contributed by atoms with van der Waals surface area (Å²) >= 11 is 5.85. The predicted molar refractivity (Wildman–Crippen MR) is 98.4 cm³/mol. The van der Waals surface area contributed by atoms with Crippen molar-refractivity contribution < 1.29 is 9.53 Å². The Bertz CT molecular complexity index is 712. The van der Waals surface area contributed by atoms with E-state index in [0.717, 1.165) is 35.7 Å². The minimum Gasteiger partial charge on any atom is -0.462 e. The van der Waals surface area contributed by atoms with Gasteiger partial charge < -0.3 is 10.1 Å². The lowest BCUT2D eigenvalue weighted by atomic mass is 10.1. The number of esters is 1. The molecule has 0 saturated carbocycles. The van der Waals surface area contributed by atoms with Gasteiger partial charge in [-0.1, -0.05) is 29.7 Å². The lowest BCUT2D eigenvalue weighted by molar-refractivity contribution is 0.0526. The summed E-state index contributed by atoms with van der Waals surface area (Å²) in [6.45, 7) is 2.93. The zero-order chi connectivity index (χ0) is 17.2. The second kappa shape index (κ2) is 9.64. The van der Waals surface area contributed by atoms with E-state index in [0.29, 0.717) is 12.2 Å². The average molecular weight is 342 g/mol. The molecular formula is C20H20ClNO2. The lowest BCUT2D eigenvalue weighted by Gasteiger charge is -2.05. The Morgan fingerprint density at radius 3 is 2.46 bits per heavy atom. The molecule has 24 heavy (non-hydrogen) atoms. The summed E-state index contributed by atoms with van der Waals surface area (Å²) in [7, 11) is 0. The smallest absolute Gasteiger partial charge is 0.338 e. The molecule has 0 aliphatic rings. The molecule has 0 fully saturated rings. The van der Waals surface area contributed by atoms with Crippen molar-refractivity contribution in [1.82, 2.24) is 0 Å². The average Bonchev–Trinajstić information content (AvgIpc) is 2.60. The summed E-state index contributed by atoms with van der Waals surface area (Å²) in [4.78, 5) is 11.6.